The van der Waals surface area contributed by atoms with Crippen molar-refractivity contribution < 1.29 is 13.2 Å². The highest BCUT2D eigenvalue weighted by atomic mass is 35.5. The first-order chi connectivity index (χ1) is 7.43. The summed E-state index contributed by atoms with van der Waals surface area (Å²) in [6.07, 6.45) is -3.62. The highest BCUT2D eigenvalue weighted by Crippen LogP contribution is 2.29. The van der Waals surface area contributed by atoms with Gasteiger partial charge in [0.05, 0.1) is 16.7 Å². The molecule has 0 fully saturated rings. The van der Waals surface area contributed by atoms with Gasteiger partial charge in [-0.1, -0.05) is 0 Å². The van der Waals surface area contributed by atoms with Crippen LogP contribution >= 0.6 is 23.4 Å². The van der Waals surface area contributed by atoms with E-state index in [0.29, 0.717) is 5.03 Å². The molecule has 0 spiro atoms. The van der Waals surface area contributed by atoms with E-state index < -0.39 is 17.1 Å². The molecule has 16 heavy (non-hydrogen) atoms. The van der Waals surface area contributed by atoms with Gasteiger partial charge in [-0.15, -0.1) is 23.4 Å². The van der Waals surface area contributed by atoms with Crippen molar-refractivity contribution in [1.29, 1.82) is 5.26 Å². The van der Waals surface area contributed by atoms with E-state index in [4.69, 9.17) is 16.9 Å². The number of alkyl halides is 4. The molecule has 0 aliphatic carbocycles. The fourth-order valence-electron chi connectivity index (χ4n) is 0.829. The van der Waals surface area contributed by atoms with Crippen LogP contribution in [0.2, 0.25) is 0 Å². The second-order valence-corrected chi connectivity index (χ2v) is 4.36. The van der Waals surface area contributed by atoms with Gasteiger partial charge in [0.15, 0.2) is 0 Å². The third-order valence-electron chi connectivity index (χ3n) is 1.58. The topological polar surface area (TPSA) is 36.7 Å². The highest BCUT2D eigenvalue weighted by molar-refractivity contribution is 7.99. The van der Waals surface area contributed by atoms with E-state index in [1.54, 1.807) is 0 Å². The van der Waals surface area contributed by atoms with Crippen LogP contribution in [-0.2, 0) is 6.18 Å². The number of nitriles is 1. The van der Waals surface area contributed by atoms with Gasteiger partial charge in [0.1, 0.15) is 5.38 Å². The van der Waals surface area contributed by atoms with Gasteiger partial charge < -0.3 is 0 Å². The zero-order valence-corrected chi connectivity index (χ0v) is 9.40. The lowest BCUT2D eigenvalue weighted by Crippen LogP contribution is -2.05. The van der Waals surface area contributed by atoms with E-state index >= 15 is 0 Å². The molecule has 0 radical (unpaired) electrons. The molecule has 1 atom stereocenters. The molecule has 0 amide bonds. The maximum atomic E-state index is 12.2. The fourth-order valence-corrected chi connectivity index (χ4v) is 1.70. The van der Waals surface area contributed by atoms with Crippen LogP contribution in [0.4, 0.5) is 13.2 Å². The normalized spacial score (nSPS) is 13.2. The van der Waals surface area contributed by atoms with Crippen LogP contribution in [0.15, 0.2) is 23.4 Å². The number of hydrogen-bond donors (Lipinski definition) is 0. The molecule has 0 aliphatic heterocycles. The van der Waals surface area contributed by atoms with Gasteiger partial charge in [0.25, 0.3) is 0 Å². The molecule has 0 saturated heterocycles. The van der Waals surface area contributed by atoms with Crippen molar-refractivity contribution >= 4 is 23.4 Å². The van der Waals surface area contributed by atoms with Gasteiger partial charge in [0, 0.05) is 11.9 Å². The minimum absolute atomic E-state index is 0.288. The maximum absolute atomic E-state index is 12.2. The smallest absolute Gasteiger partial charge is 0.249 e. The Balaban J connectivity index is 2.63. The molecule has 0 aliphatic rings. The molecule has 0 N–H and O–H groups in total. The molecule has 86 valence electrons. The highest BCUT2D eigenvalue weighted by Gasteiger charge is 2.30. The predicted octanol–water partition coefficient (Wildman–Crippen LogP) is 3.32. The van der Waals surface area contributed by atoms with Gasteiger partial charge >= 0.3 is 6.18 Å². The number of rotatable bonds is 3. The molecule has 0 bridgehead atoms. The number of nitrogens with zero attached hydrogens (tertiary/aromatic N) is 2. The SMILES string of the molecule is N#CC(Cl)CSc1ccc(C(F)(F)F)cn1. The zero-order valence-electron chi connectivity index (χ0n) is 7.83. The van der Waals surface area contributed by atoms with Crippen molar-refractivity contribution in [2.45, 2.75) is 16.6 Å². The minimum atomic E-state index is -4.38. The Morgan fingerprint density at radius 1 is 1.50 bits per heavy atom. The van der Waals surface area contributed by atoms with Gasteiger partial charge in [-0.25, -0.2) is 4.98 Å². The summed E-state index contributed by atoms with van der Waals surface area (Å²) in [4.78, 5) is 3.63. The summed E-state index contributed by atoms with van der Waals surface area (Å²) >= 11 is 6.67. The van der Waals surface area contributed by atoms with Crippen molar-refractivity contribution in [3.05, 3.63) is 23.9 Å². The summed E-state index contributed by atoms with van der Waals surface area (Å²) in [5, 5.41) is 8.14. The molecule has 1 heterocycles. The Labute approximate surface area is 99.4 Å². The lowest BCUT2D eigenvalue weighted by molar-refractivity contribution is -0.137. The third-order valence-corrected chi connectivity index (χ3v) is 3.05. The summed E-state index contributed by atoms with van der Waals surface area (Å²) in [5.41, 5.74) is -0.792. The number of hydrogen-bond acceptors (Lipinski definition) is 3. The largest absolute Gasteiger partial charge is 0.417 e. The van der Waals surface area contributed by atoms with Crippen molar-refractivity contribution in [3.63, 3.8) is 0 Å². The lowest BCUT2D eigenvalue weighted by atomic mass is 10.3. The summed E-state index contributed by atoms with van der Waals surface area (Å²) in [7, 11) is 0. The number of thioether (sulfide) groups is 1. The van der Waals surface area contributed by atoms with Gasteiger partial charge in [-0.05, 0) is 12.1 Å². The second-order valence-electron chi connectivity index (χ2n) is 2.79. The molecule has 1 unspecified atom stereocenters. The maximum Gasteiger partial charge on any atom is 0.417 e. The predicted molar refractivity (Wildman–Crippen MR) is 55.2 cm³/mol. The Bertz CT molecular complexity index is 385. The first-order valence-corrected chi connectivity index (χ1v) is 5.55. The first kappa shape index (κ1) is 13.1. The number of halogens is 4. The Morgan fingerprint density at radius 3 is 2.62 bits per heavy atom. The van der Waals surface area contributed by atoms with Crippen molar-refractivity contribution in [3.8, 4) is 6.07 Å². The summed E-state index contributed by atoms with van der Waals surface area (Å²) < 4.78 is 36.5. The Morgan fingerprint density at radius 2 is 2.19 bits per heavy atom. The van der Waals surface area contributed by atoms with Crippen molar-refractivity contribution in [2.24, 2.45) is 0 Å². The molecular weight excluding hydrogens is 261 g/mol. The summed E-state index contributed by atoms with van der Waals surface area (Å²) in [6, 6.07) is 4.02. The molecule has 0 aromatic carbocycles. The zero-order chi connectivity index (χ0) is 12.2. The molecule has 2 nitrogen and oxygen atoms in total. The van der Waals surface area contributed by atoms with Crippen LogP contribution in [0.3, 0.4) is 0 Å². The number of aromatic nitrogens is 1. The number of pyridine rings is 1. The third kappa shape index (κ3) is 3.91. The van der Waals surface area contributed by atoms with E-state index in [1.165, 1.54) is 6.07 Å². The van der Waals surface area contributed by atoms with Crippen LogP contribution in [0.5, 0.6) is 0 Å². The van der Waals surface area contributed by atoms with Crippen molar-refractivity contribution in [2.75, 3.05) is 5.75 Å². The van der Waals surface area contributed by atoms with E-state index in [0.717, 1.165) is 24.0 Å². The molecule has 1 aromatic rings. The van der Waals surface area contributed by atoms with E-state index in [2.05, 4.69) is 4.98 Å². The summed E-state index contributed by atoms with van der Waals surface area (Å²) in [5.74, 6) is 0.288. The average Bonchev–Trinajstić information content (AvgIpc) is 2.25. The molecule has 1 aromatic heterocycles. The molecule has 7 heteroatoms. The lowest BCUT2D eigenvalue weighted by Gasteiger charge is -2.06. The van der Waals surface area contributed by atoms with Gasteiger partial charge in [-0.3, -0.25) is 0 Å². The standard InChI is InChI=1S/C9H6ClF3N2S/c10-7(3-14)5-16-8-2-1-6(4-15-8)9(11,12)13/h1-2,4,7H,5H2. The van der Waals surface area contributed by atoms with Gasteiger partial charge in [-0.2, -0.15) is 18.4 Å². The van der Waals surface area contributed by atoms with Crippen molar-refractivity contribution in [1.82, 2.24) is 4.98 Å². The van der Waals surface area contributed by atoms with Gasteiger partial charge in [0.2, 0.25) is 0 Å². The molecular formula is C9H6ClF3N2S. The van der Waals surface area contributed by atoms with Crippen LogP contribution in [-0.4, -0.2) is 16.1 Å². The van der Waals surface area contributed by atoms with Crippen LogP contribution in [0, 0.1) is 11.3 Å². The van der Waals surface area contributed by atoms with E-state index in [9.17, 15) is 13.2 Å². The first-order valence-electron chi connectivity index (χ1n) is 4.13. The van der Waals surface area contributed by atoms with Crippen LogP contribution in [0.25, 0.3) is 0 Å². The Hall–Kier alpha value is -0.930. The quantitative estimate of drug-likeness (QED) is 0.622. The minimum Gasteiger partial charge on any atom is -0.249 e. The second kappa shape index (κ2) is 5.41. The van der Waals surface area contributed by atoms with E-state index in [-0.39, 0.29) is 5.75 Å². The Kier molecular flexibility index (Phi) is 4.44. The fraction of sp³-hybridized carbons (Fsp3) is 0.333. The van der Waals surface area contributed by atoms with E-state index in [1.807, 2.05) is 6.07 Å². The average molecular weight is 267 g/mol. The summed E-state index contributed by atoms with van der Waals surface area (Å²) in [6.45, 7) is 0. The molecule has 0 saturated carbocycles. The van der Waals surface area contributed by atoms with Crippen LogP contribution < -0.4 is 0 Å². The monoisotopic (exact) mass is 266 g/mol. The van der Waals surface area contributed by atoms with Crippen LogP contribution in [0.1, 0.15) is 5.56 Å². The molecule has 1 rings (SSSR count).